The Kier molecular flexibility index (Phi) is 2.06. The molecule has 4 heteroatoms. The molecular weight excluding hydrogens is 210 g/mol. The number of hydrogen-bond acceptors (Lipinski definition) is 2. The highest BCUT2D eigenvalue weighted by Crippen LogP contribution is 2.43. The smallest absolute Gasteiger partial charge is 0.184 e. The van der Waals surface area contributed by atoms with Gasteiger partial charge in [0, 0.05) is 12.6 Å². The van der Waals surface area contributed by atoms with E-state index in [0.717, 1.165) is 25.5 Å². The van der Waals surface area contributed by atoms with Gasteiger partial charge in [0.2, 0.25) is 0 Å². The van der Waals surface area contributed by atoms with Crippen molar-refractivity contribution in [3.05, 3.63) is 23.8 Å². The molecule has 2 nitrogen and oxygen atoms in total. The van der Waals surface area contributed by atoms with Gasteiger partial charge in [0.15, 0.2) is 11.6 Å². The lowest BCUT2D eigenvalue weighted by Crippen LogP contribution is -2.33. The van der Waals surface area contributed by atoms with Gasteiger partial charge in [-0.15, -0.1) is 0 Å². The minimum absolute atomic E-state index is 0.271. The minimum atomic E-state index is -0.813. The van der Waals surface area contributed by atoms with Gasteiger partial charge in [-0.1, -0.05) is 0 Å². The fraction of sp³-hybridized carbons (Fsp3) is 0.500. The lowest BCUT2D eigenvalue weighted by molar-refractivity contribution is 0.495. The highest BCUT2D eigenvalue weighted by molar-refractivity contribution is 5.69. The minimum Gasteiger partial charge on any atom is -0.397 e. The van der Waals surface area contributed by atoms with Gasteiger partial charge in [0.05, 0.1) is 11.4 Å². The fourth-order valence-electron chi connectivity index (χ4n) is 3.05. The van der Waals surface area contributed by atoms with Crippen molar-refractivity contribution < 1.29 is 8.78 Å². The zero-order valence-corrected chi connectivity index (χ0v) is 8.92. The van der Waals surface area contributed by atoms with Crippen molar-refractivity contribution in [1.82, 2.24) is 0 Å². The van der Waals surface area contributed by atoms with E-state index in [1.165, 1.54) is 12.5 Å². The molecule has 2 N–H and O–H groups in total. The molecule has 0 radical (unpaired) electrons. The van der Waals surface area contributed by atoms with E-state index in [2.05, 4.69) is 0 Å². The Morgan fingerprint density at radius 2 is 2.06 bits per heavy atom. The molecule has 1 aliphatic carbocycles. The highest BCUT2D eigenvalue weighted by atomic mass is 19.2. The summed E-state index contributed by atoms with van der Waals surface area (Å²) in [7, 11) is 0. The molecule has 3 rings (SSSR count). The number of benzene rings is 1. The highest BCUT2D eigenvalue weighted by Gasteiger charge is 2.39. The molecule has 2 unspecified atom stereocenters. The molecule has 0 spiro atoms. The molecule has 1 aromatic carbocycles. The molecule has 2 fully saturated rings. The maximum Gasteiger partial charge on any atom is 0.184 e. The van der Waals surface area contributed by atoms with Crippen LogP contribution in [0.1, 0.15) is 19.3 Å². The summed E-state index contributed by atoms with van der Waals surface area (Å²) in [6.45, 7) is 0.815. The summed E-state index contributed by atoms with van der Waals surface area (Å²) in [5, 5.41) is 0. The molecule has 1 saturated heterocycles. The molecule has 1 saturated carbocycles. The van der Waals surface area contributed by atoms with E-state index in [1.54, 1.807) is 0 Å². The molecule has 1 aliphatic heterocycles. The van der Waals surface area contributed by atoms with E-state index >= 15 is 0 Å². The second kappa shape index (κ2) is 3.34. The number of fused-ring (bicyclic) bond motifs is 2. The first-order valence-corrected chi connectivity index (χ1v) is 5.67. The van der Waals surface area contributed by atoms with Crippen molar-refractivity contribution in [2.45, 2.75) is 25.3 Å². The zero-order valence-electron chi connectivity index (χ0n) is 8.92. The molecular formula is C12H14F2N2. The number of piperidine rings is 1. The van der Waals surface area contributed by atoms with Crippen LogP contribution in [0, 0.1) is 17.6 Å². The van der Waals surface area contributed by atoms with Crippen LogP contribution >= 0.6 is 0 Å². The molecule has 1 heterocycles. The maximum absolute atomic E-state index is 13.7. The number of nitrogens with zero attached hydrogens (tertiary/aromatic N) is 1. The lowest BCUT2D eigenvalue weighted by atomic mass is 10.1. The molecule has 1 aromatic rings. The first-order chi connectivity index (χ1) is 7.66. The normalized spacial score (nSPS) is 27.8. The van der Waals surface area contributed by atoms with Gasteiger partial charge in [-0.3, -0.25) is 0 Å². The quantitative estimate of drug-likeness (QED) is 0.743. The third-order valence-corrected chi connectivity index (χ3v) is 3.80. The van der Waals surface area contributed by atoms with Crippen LogP contribution in [-0.2, 0) is 0 Å². The number of nitrogens with two attached hydrogens (primary N) is 1. The standard InChI is InChI=1S/C12H14F2N2/c13-9-3-4-10(15)12(11(9)14)16-6-7-1-2-8(16)5-7/h3-4,7-8H,1-2,5-6,15H2. The number of hydrogen-bond donors (Lipinski definition) is 1. The third kappa shape index (κ3) is 1.29. The van der Waals surface area contributed by atoms with Crippen LogP contribution in [-0.4, -0.2) is 12.6 Å². The van der Waals surface area contributed by atoms with E-state index in [-0.39, 0.29) is 5.69 Å². The second-order valence-corrected chi connectivity index (χ2v) is 4.78. The Bertz CT molecular complexity index is 433. The van der Waals surface area contributed by atoms with Crippen LogP contribution in [0.2, 0.25) is 0 Å². The van der Waals surface area contributed by atoms with Crippen LogP contribution < -0.4 is 10.6 Å². The summed E-state index contributed by atoms with van der Waals surface area (Å²) in [4.78, 5) is 1.95. The van der Waals surface area contributed by atoms with Crippen molar-refractivity contribution in [2.75, 3.05) is 17.2 Å². The van der Waals surface area contributed by atoms with Crippen molar-refractivity contribution in [3.8, 4) is 0 Å². The summed E-state index contributed by atoms with van der Waals surface area (Å²) >= 11 is 0. The van der Waals surface area contributed by atoms with Crippen molar-refractivity contribution >= 4 is 11.4 Å². The van der Waals surface area contributed by atoms with E-state index in [0.29, 0.717) is 17.6 Å². The Hall–Kier alpha value is -1.32. The van der Waals surface area contributed by atoms with Crippen LogP contribution in [0.4, 0.5) is 20.2 Å². The predicted octanol–water partition coefficient (Wildman–Crippen LogP) is 2.54. The summed E-state index contributed by atoms with van der Waals surface area (Å²) in [5.41, 5.74) is 6.36. The lowest BCUT2D eigenvalue weighted by Gasteiger charge is -2.30. The van der Waals surface area contributed by atoms with E-state index in [9.17, 15) is 8.78 Å². The van der Waals surface area contributed by atoms with Gasteiger partial charge in [0.1, 0.15) is 0 Å². The molecule has 2 aliphatic rings. The fourth-order valence-corrected chi connectivity index (χ4v) is 3.05. The maximum atomic E-state index is 13.7. The average Bonchev–Trinajstić information content (AvgIpc) is 2.86. The van der Waals surface area contributed by atoms with Crippen molar-refractivity contribution in [3.63, 3.8) is 0 Å². The van der Waals surface area contributed by atoms with Crippen molar-refractivity contribution in [2.24, 2.45) is 5.92 Å². The van der Waals surface area contributed by atoms with Gasteiger partial charge in [-0.2, -0.15) is 0 Å². The number of halogens is 2. The molecule has 2 atom stereocenters. The Balaban J connectivity index is 2.03. The average molecular weight is 224 g/mol. The SMILES string of the molecule is Nc1ccc(F)c(F)c1N1CC2CCC1C2. The Morgan fingerprint density at radius 3 is 2.69 bits per heavy atom. The topological polar surface area (TPSA) is 29.3 Å². The van der Waals surface area contributed by atoms with Crippen molar-refractivity contribution in [1.29, 1.82) is 0 Å². The largest absolute Gasteiger partial charge is 0.397 e. The van der Waals surface area contributed by atoms with Gasteiger partial charge >= 0.3 is 0 Å². The van der Waals surface area contributed by atoms with Crippen LogP contribution in [0.15, 0.2) is 12.1 Å². The zero-order chi connectivity index (χ0) is 11.3. The molecule has 86 valence electrons. The van der Waals surface area contributed by atoms with Crippen LogP contribution in [0.25, 0.3) is 0 Å². The summed E-state index contributed by atoms with van der Waals surface area (Å²) in [6.07, 6.45) is 3.37. The second-order valence-electron chi connectivity index (χ2n) is 4.78. The number of anilines is 2. The van der Waals surface area contributed by atoms with Gasteiger partial charge < -0.3 is 10.6 Å². The van der Waals surface area contributed by atoms with E-state index < -0.39 is 11.6 Å². The van der Waals surface area contributed by atoms with E-state index in [4.69, 9.17) is 5.73 Å². The van der Waals surface area contributed by atoms with E-state index in [1.807, 2.05) is 4.90 Å². The summed E-state index contributed by atoms with van der Waals surface area (Å²) < 4.78 is 26.9. The Morgan fingerprint density at radius 1 is 1.25 bits per heavy atom. The van der Waals surface area contributed by atoms with Crippen LogP contribution in [0.3, 0.4) is 0 Å². The van der Waals surface area contributed by atoms with Gasteiger partial charge in [-0.05, 0) is 37.3 Å². The van der Waals surface area contributed by atoms with Gasteiger partial charge in [0.25, 0.3) is 0 Å². The number of nitrogen functional groups attached to an aromatic ring is 1. The molecule has 2 bridgehead atoms. The van der Waals surface area contributed by atoms with Crippen LogP contribution in [0.5, 0.6) is 0 Å². The molecule has 0 amide bonds. The summed E-state index contributed by atoms with van der Waals surface area (Å²) in [5.74, 6) is -0.980. The first kappa shape index (κ1) is 9.87. The number of rotatable bonds is 1. The Labute approximate surface area is 93.0 Å². The third-order valence-electron chi connectivity index (χ3n) is 3.80. The summed E-state index contributed by atoms with van der Waals surface area (Å²) in [6, 6.07) is 2.88. The monoisotopic (exact) mass is 224 g/mol. The predicted molar refractivity (Wildman–Crippen MR) is 59.2 cm³/mol. The molecule has 0 aromatic heterocycles. The molecule has 16 heavy (non-hydrogen) atoms. The van der Waals surface area contributed by atoms with Gasteiger partial charge in [-0.25, -0.2) is 8.78 Å². The first-order valence-electron chi connectivity index (χ1n) is 5.67.